The number of nitrogens with one attached hydrogen (secondary N) is 1. The van der Waals surface area contributed by atoms with Gasteiger partial charge in [-0.2, -0.15) is 4.80 Å². The van der Waals surface area contributed by atoms with Crippen LogP contribution in [0.5, 0.6) is 11.5 Å². The van der Waals surface area contributed by atoms with Gasteiger partial charge >= 0.3 is 0 Å². The molecule has 0 atom stereocenters. The lowest BCUT2D eigenvalue weighted by molar-refractivity contribution is -0.118. The van der Waals surface area contributed by atoms with Crippen molar-refractivity contribution in [3.63, 3.8) is 0 Å². The number of hydrogen-bond donors (Lipinski definition) is 1. The lowest BCUT2D eigenvalue weighted by Crippen LogP contribution is -2.21. The summed E-state index contributed by atoms with van der Waals surface area (Å²) < 4.78 is 10.7. The van der Waals surface area contributed by atoms with Gasteiger partial charge in [0.2, 0.25) is 0 Å². The fourth-order valence-electron chi connectivity index (χ4n) is 3.71. The molecule has 8 nitrogen and oxygen atoms in total. The van der Waals surface area contributed by atoms with Gasteiger partial charge in [0.05, 0.1) is 12.8 Å². The van der Waals surface area contributed by atoms with Crippen LogP contribution in [0.4, 0.5) is 11.4 Å². The number of fused-ring (bicyclic) bond motifs is 1. The molecule has 1 heterocycles. The summed E-state index contributed by atoms with van der Waals surface area (Å²) in [7, 11) is 1.60. The molecule has 0 aliphatic rings. The molecule has 0 aliphatic heterocycles. The Hall–Kier alpha value is -4.07. The summed E-state index contributed by atoms with van der Waals surface area (Å²) in [5.41, 5.74) is 5.09. The second-order valence-electron chi connectivity index (χ2n) is 7.85. The number of nitrogens with zero attached hydrogens (tertiary/aromatic N) is 4. The molecule has 3 aromatic carbocycles. The minimum Gasteiger partial charge on any atom is -0.497 e. The predicted octanol–water partition coefficient (Wildman–Crippen LogP) is 4.60. The molecule has 0 saturated heterocycles. The number of amides is 1. The van der Waals surface area contributed by atoms with Crippen LogP contribution in [0.3, 0.4) is 0 Å². The van der Waals surface area contributed by atoms with Crippen molar-refractivity contribution in [1.29, 1.82) is 0 Å². The topological polar surface area (TPSA) is 81.5 Å². The van der Waals surface area contributed by atoms with E-state index in [0.717, 1.165) is 35.6 Å². The fraction of sp³-hybridized carbons (Fsp3) is 0.269. The highest BCUT2D eigenvalue weighted by Gasteiger charge is 2.12. The smallest absolute Gasteiger partial charge is 0.262 e. The summed E-state index contributed by atoms with van der Waals surface area (Å²) in [5, 5.41) is 12.1. The molecule has 34 heavy (non-hydrogen) atoms. The van der Waals surface area contributed by atoms with Gasteiger partial charge in [0, 0.05) is 24.5 Å². The van der Waals surface area contributed by atoms with E-state index in [1.807, 2.05) is 31.2 Å². The van der Waals surface area contributed by atoms with Crippen LogP contribution < -0.4 is 19.7 Å². The van der Waals surface area contributed by atoms with Crippen LogP contribution in [0.25, 0.3) is 16.7 Å². The number of carbonyl (C=O) groups is 1. The van der Waals surface area contributed by atoms with Crippen molar-refractivity contribution in [3.05, 3.63) is 66.2 Å². The molecular formula is C26H29N5O3. The molecule has 0 bridgehead atoms. The van der Waals surface area contributed by atoms with Crippen LogP contribution in [-0.4, -0.2) is 47.7 Å². The highest BCUT2D eigenvalue weighted by atomic mass is 16.5. The van der Waals surface area contributed by atoms with Crippen LogP contribution >= 0.6 is 0 Å². The van der Waals surface area contributed by atoms with Crippen molar-refractivity contribution < 1.29 is 14.3 Å². The number of aromatic nitrogens is 3. The molecule has 0 aliphatic carbocycles. The summed E-state index contributed by atoms with van der Waals surface area (Å²) in [6.07, 6.45) is 0. The SMILES string of the molecule is CCN(CC)c1ccc(-n2nc3cc(C)c(NC(=O)COc4ccc(OC)cc4)cc3n2)cc1. The summed E-state index contributed by atoms with van der Waals surface area (Å²) in [4.78, 5) is 16.4. The van der Waals surface area contributed by atoms with Gasteiger partial charge in [-0.25, -0.2) is 0 Å². The van der Waals surface area contributed by atoms with Crippen molar-refractivity contribution in [3.8, 4) is 17.2 Å². The average molecular weight is 460 g/mol. The van der Waals surface area contributed by atoms with Crippen LogP contribution in [0.15, 0.2) is 60.7 Å². The molecule has 8 heteroatoms. The number of benzene rings is 3. The van der Waals surface area contributed by atoms with Crippen molar-refractivity contribution in [1.82, 2.24) is 15.0 Å². The second kappa shape index (κ2) is 10.2. The molecule has 176 valence electrons. The Bertz CT molecular complexity index is 1260. The summed E-state index contributed by atoms with van der Waals surface area (Å²) >= 11 is 0. The lowest BCUT2D eigenvalue weighted by Gasteiger charge is -2.20. The molecule has 1 amide bonds. The number of ether oxygens (including phenoxy) is 2. The van der Waals surface area contributed by atoms with Crippen molar-refractivity contribution >= 4 is 28.3 Å². The monoisotopic (exact) mass is 459 g/mol. The quantitative estimate of drug-likeness (QED) is 0.394. The highest BCUT2D eigenvalue weighted by molar-refractivity contribution is 5.95. The first kappa shape index (κ1) is 23.1. The third-order valence-corrected chi connectivity index (χ3v) is 5.64. The second-order valence-corrected chi connectivity index (χ2v) is 7.85. The van der Waals surface area contributed by atoms with E-state index in [4.69, 9.17) is 9.47 Å². The van der Waals surface area contributed by atoms with Crippen LogP contribution in [0.2, 0.25) is 0 Å². The molecular weight excluding hydrogens is 430 g/mol. The Morgan fingerprint density at radius 3 is 2.18 bits per heavy atom. The van der Waals surface area contributed by atoms with Gasteiger partial charge in [0.25, 0.3) is 5.91 Å². The zero-order valence-corrected chi connectivity index (χ0v) is 19.9. The van der Waals surface area contributed by atoms with E-state index >= 15 is 0 Å². The molecule has 0 fully saturated rings. The minimum absolute atomic E-state index is 0.102. The Kier molecular flexibility index (Phi) is 6.96. The summed E-state index contributed by atoms with van der Waals surface area (Å²) in [6, 6.07) is 19.0. The number of hydrogen-bond acceptors (Lipinski definition) is 6. The summed E-state index contributed by atoms with van der Waals surface area (Å²) in [6.45, 7) is 8.02. The van der Waals surface area contributed by atoms with E-state index < -0.39 is 0 Å². The minimum atomic E-state index is -0.252. The van der Waals surface area contributed by atoms with Crippen LogP contribution in [0, 0.1) is 6.92 Å². The van der Waals surface area contributed by atoms with E-state index in [2.05, 4.69) is 46.4 Å². The standard InChI is InChI=1S/C26H29N5O3/c1-5-30(6-2)19-7-9-20(10-8-19)31-28-24-15-18(3)23(16-25(24)29-31)27-26(32)17-34-22-13-11-21(33-4)12-14-22/h7-16H,5-6,17H2,1-4H3,(H,27,32). The zero-order valence-electron chi connectivity index (χ0n) is 19.9. The normalized spacial score (nSPS) is 10.8. The summed E-state index contributed by atoms with van der Waals surface area (Å²) in [5.74, 6) is 1.07. The first-order valence-corrected chi connectivity index (χ1v) is 11.3. The first-order valence-electron chi connectivity index (χ1n) is 11.3. The van der Waals surface area contributed by atoms with Crippen LogP contribution in [-0.2, 0) is 4.79 Å². The maximum atomic E-state index is 12.5. The third-order valence-electron chi connectivity index (χ3n) is 5.64. The highest BCUT2D eigenvalue weighted by Crippen LogP contribution is 2.23. The Morgan fingerprint density at radius 1 is 0.941 bits per heavy atom. The molecule has 0 unspecified atom stereocenters. The third kappa shape index (κ3) is 5.11. The first-order chi connectivity index (χ1) is 16.5. The Labute approximate surface area is 199 Å². The fourth-order valence-corrected chi connectivity index (χ4v) is 3.71. The number of rotatable bonds is 9. The number of aryl methyl sites for hydroxylation is 1. The molecule has 0 spiro atoms. The molecule has 1 N–H and O–H groups in total. The maximum Gasteiger partial charge on any atom is 0.262 e. The van der Waals surface area contributed by atoms with Gasteiger partial charge in [-0.15, -0.1) is 10.2 Å². The van der Waals surface area contributed by atoms with Gasteiger partial charge in [0.1, 0.15) is 22.5 Å². The zero-order chi connectivity index (χ0) is 24.1. The van der Waals surface area contributed by atoms with Gasteiger partial charge in [-0.1, -0.05) is 0 Å². The predicted molar refractivity (Wildman–Crippen MR) is 134 cm³/mol. The van der Waals surface area contributed by atoms with Crippen LogP contribution in [0.1, 0.15) is 19.4 Å². The lowest BCUT2D eigenvalue weighted by atomic mass is 10.1. The maximum absolute atomic E-state index is 12.5. The Morgan fingerprint density at radius 2 is 1.56 bits per heavy atom. The van der Waals surface area contributed by atoms with Gasteiger partial charge < -0.3 is 19.7 Å². The largest absolute Gasteiger partial charge is 0.497 e. The van der Waals surface area contributed by atoms with E-state index in [1.54, 1.807) is 36.2 Å². The molecule has 4 rings (SSSR count). The van der Waals surface area contributed by atoms with Crippen molar-refractivity contribution in [2.24, 2.45) is 0 Å². The van der Waals surface area contributed by atoms with E-state index in [-0.39, 0.29) is 12.5 Å². The van der Waals surface area contributed by atoms with Gasteiger partial charge in [-0.3, -0.25) is 4.79 Å². The van der Waals surface area contributed by atoms with E-state index in [9.17, 15) is 4.79 Å². The van der Waals surface area contributed by atoms with E-state index in [0.29, 0.717) is 17.0 Å². The van der Waals surface area contributed by atoms with Gasteiger partial charge in [0.15, 0.2) is 6.61 Å². The van der Waals surface area contributed by atoms with Gasteiger partial charge in [-0.05, 0) is 87.0 Å². The average Bonchev–Trinajstić information content (AvgIpc) is 3.27. The Balaban J connectivity index is 1.46. The van der Waals surface area contributed by atoms with Crippen molar-refractivity contribution in [2.45, 2.75) is 20.8 Å². The molecule has 0 radical (unpaired) electrons. The van der Waals surface area contributed by atoms with Crippen molar-refractivity contribution in [2.75, 3.05) is 37.0 Å². The number of methoxy groups -OCH3 is 1. The molecule has 0 saturated carbocycles. The molecule has 4 aromatic rings. The number of carbonyl (C=O) groups excluding carboxylic acids is 1. The number of anilines is 2. The van der Waals surface area contributed by atoms with E-state index in [1.165, 1.54) is 5.69 Å². The molecule has 1 aromatic heterocycles.